The van der Waals surface area contributed by atoms with Gasteiger partial charge < -0.3 is 10.5 Å². The summed E-state index contributed by atoms with van der Waals surface area (Å²) in [6.45, 7) is 5.57. The van der Waals surface area contributed by atoms with E-state index in [1.807, 2.05) is 51.1 Å². The zero-order valence-corrected chi connectivity index (χ0v) is 11.2. The molecule has 0 aliphatic rings. The molecule has 1 atom stereocenters. The highest BCUT2D eigenvalue weighted by atomic mass is 16.6. The van der Waals surface area contributed by atoms with Crippen molar-refractivity contribution < 1.29 is 9.53 Å². The molecule has 0 heterocycles. The van der Waals surface area contributed by atoms with E-state index in [9.17, 15) is 4.79 Å². The molecule has 3 nitrogen and oxygen atoms in total. The molecular formula is C15H21NO2. The minimum absolute atomic E-state index is 0.243. The molecule has 0 aromatic heterocycles. The van der Waals surface area contributed by atoms with Gasteiger partial charge in [-0.1, -0.05) is 36.4 Å². The van der Waals surface area contributed by atoms with E-state index in [0.29, 0.717) is 6.42 Å². The Morgan fingerprint density at radius 3 is 2.44 bits per heavy atom. The summed E-state index contributed by atoms with van der Waals surface area (Å²) in [4.78, 5) is 12.0. The number of ether oxygens (including phenoxy) is 1. The van der Waals surface area contributed by atoms with Crippen molar-refractivity contribution in [1.29, 1.82) is 0 Å². The van der Waals surface area contributed by atoms with Crippen molar-refractivity contribution in [3.63, 3.8) is 0 Å². The first kappa shape index (κ1) is 14.3. The van der Waals surface area contributed by atoms with Crippen LogP contribution in [0.15, 0.2) is 42.6 Å². The summed E-state index contributed by atoms with van der Waals surface area (Å²) in [6, 6.07) is 9.83. The number of esters is 1. The fourth-order valence-electron chi connectivity index (χ4n) is 1.61. The second-order valence-corrected chi connectivity index (χ2v) is 5.21. The molecule has 0 aliphatic carbocycles. The van der Waals surface area contributed by atoms with Gasteiger partial charge >= 0.3 is 5.97 Å². The summed E-state index contributed by atoms with van der Waals surface area (Å²) >= 11 is 0. The van der Waals surface area contributed by atoms with E-state index in [1.54, 1.807) is 6.08 Å². The van der Waals surface area contributed by atoms with Crippen LogP contribution in [-0.2, 0) is 16.0 Å². The Bertz CT molecular complexity index is 404. The minimum atomic E-state index is -0.478. The molecule has 3 heteroatoms. The minimum Gasteiger partial charge on any atom is -0.460 e. The van der Waals surface area contributed by atoms with Crippen molar-refractivity contribution in [2.24, 2.45) is 11.7 Å². The van der Waals surface area contributed by atoms with Crippen LogP contribution in [0.2, 0.25) is 0 Å². The van der Waals surface area contributed by atoms with Gasteiger partial charge in [0.15, 0.2) is 0 Å². The van der Waals surface area contributed by atoms with E-state index in [-0.39, 0.29) is 11.9 Å². The van der Waals surface area contributed by atoms with Crippen molar-refractivity contribution in [2.75, 3.05) is 0 Å². The first-order chi connectivity index (χ1) is 8.42. The smallest absolute Gasteiger partial charge is 0.313 e. The summed E-state index contributed by atoms with van der Waals surface area (Å²) < 4.78 is 5.38. The zero-order valence-electron chi connectivity index (χ0n) is 11.2. The molecule has 0 saturated heterocycles. The summed E-state index contributed by atoms with van der Waals surface area (Å²) in [5, 5.41) is 0. The maximum atomic E-state index is 12.0. The third-order valence-corrected chi connectivity index (χ3v) is 2.35. The van der Waals surface area contributed by atoms with Gasteiger partial charge in [-0.05, 0) is 39.0 Å². The van der Waals surface area contributed by atoms with Crippen LogP contribution in [0.1, 0.15) is 26.3 Å². The van der Waals surface area contributed by atoms with E-state index >= 15 is 0 Å². The van der Waals surface area contributed by atoms with Gasteiger partial charge in [-0.3, -0.25) is 4.79 Å². The molecule has 0 saturated carbocycles. The molecule has 0 aliphatic heterocycles. The lowest BCUT2D eigenvalue weighted by molar-refractivity contribution is -0.158. The Hall–Kier alpha value is -1.77. The quantitative estimate of drug-likeness (QED) is 0.832. The molecule has 0 fully saturated rings. The molecule has 1 unspecified atom stereocenters. The molecule has 0 bridgehead atoms. The summed E-state index contributed by atoms with van der Waals surface area (Å²) in [7, 11) is 0. The topological polar surface area (TPSA) is 52.3 Å². The second kappa shape index (κ2) is 6.24. The van der Waals surface area contributed by atoms with E-state index in [1.165, 1.54) is 6.20 Å². The van der Waals surface area contributed by atoms with Gasteiger partial charge in [-0.2, -0.15) is 0 Å². The molecule has 1 aromatic carbocycles. The van der Waals surface area contributed by atoms with Gasteiger partial charge in [0.25, 0.3) is 0 Å². The summed E-state index contributed by atoms with van der Waals surface area (Å²) in [5.74, 6) is -0.579. The second-order valence-electron chi connectivity index (χ2n) is 5.21. The molecule has 0 amide bonds. The standard InChI is InChI=1S/C15H21NO2/c1-15(2,3)18-14(17)13(9-10-16)11-12-7-5-4-6-8-12/h4-10,13H,11,16H2,1-3H3. The highest BCUT2D eigenvalue weighted by Crippen LogP contribution is 2.16. The van der Waals surface area contributed by atoms with Gasteiger partial charge in [0, 0.05) is 0 Å². The largest absolute Gasteiger partial charge is 0.460 e. The van der Waals surface area contributed by atoms with Crippen molar-refractivity contribution in [1.82, 2.24) is 0 Å². The average Bonchev–Trinajstić information content (AvgIpc) is 2.27. The first-order valence-corrected chi connectivity index (χ1v) is 6.07. The predicted octanol–water partition coefficient (Wildman–Crippen LogP) is 2.66. The van der Waals surface area contributed by atoms with Crippen LogP contribution in [0.25, 0.3) is 0 Å². The number of hydrogen-bond acceptors (Lipinski definition) is 3. The van der Waals surface area contributed by atoms with E-state index < -0.39 is 5.60 Å². The summed E-state index contributed by atoms with van der Waals surface area (Å²) in [5.41, 5.74) is 6.01. The predicted molar refractivity (Wildman–Crippen MR) is 72.8 cm³/mol. The summed E-state index contributed by atoms with van der Waals surface area (Å²) in [6.07, 6.45) is 3.68. The normalized spacial score (nSPS) is 13.5. The lowest BCUT2D eigenvalue weighted by Crippen LogP contribution is -2.29. The lowest BCUT2D eigenvalue weighted by Gasteiger charge is -2.22. The van der Waals surface area contributed by atoms with Gasteiger partial charge in [-0.15, -0.1) is 0 Å². The number of hydrogen-bond donors (Lipinski definition) is 1. The fraction of sp³-hybridized carbons (Fsp3) is 0.400. The monoisotopic (exact) mass is 247 g/mol. The van der Waals surface area contributed by atoms with Crippen LogP contribution in [-0.4, -0.2) is 11.6 Å². The maximum absolute atomic E-state index is 12.0. The third-order valence-electron chi connectivity index (χ3n) is 2.35. The lowest BCUT2D eigenvalue weighted by atomic mass is 9.99. The number of rotatable bonds is 4. The van der Waals surface area contributed by atoms with Crippen LogP contribution in [0.4, 0.5) is 0 Å². The highest BCUT2D eigenvalue weighted by molar-refractivity contribution is 5.75. The molecule has 2 N–H and O–H groups in total. The highest BCUT2D eigenvalue weighted by Gasteiger charge is 2.23. The molecular weight excluding hydrogens is 226 g/mol. The average molecular weight is 247 g/mol. The van der Waals surface area contributed by atoms with Crippen molar-refractivity contribution in [3.8, 4) is 0 Å². The number of carbonyl (C=O) groups excluding carboxylic acids is 1. The van der Waals surface area contributed by atoms with Crippen LogP contribution in [0.5, 0.6) is 0 Å². The van der Waals surface area contributed by atoms with Gasteiger partial charge in [-0.25, -0.2) is 0 Å². The molecule has 98 valence electrons. The Balaban J connectivity index is 2.74. The fourth-order valence-corrected chi connectivity index (χ4v) is 1.61. The van der Waals surface area contributed by atoms with Gasteiger partial charge in [0.1, 0.15) is 5.60 Å². The Morgan fingerprint density at radius 1 is 1.33 bits per heavy atom. The van der Waals surface area contributed by atoms with Crippen LogP contribution >= 0.6 is 0 Å². The number of benzene rings is 1. The molecule has 0 radical (unpaired) electrons. The van der Waals surface area contributed by atoms with Crippen molar-refractivity contribution in [2.45, 2.75) is 32.8 Å². The number of carbonyl (C=O) groups is 1. The molecule has 0 spiro atoms. The van der Waals surface area contributed by atoms with Crippen LogP contribution in [0.3, 0.4) is 0 Å². The van der Waals surface area contributed by atoms with E-state index in [0.717, 1.165) is 5.56 Å². The first-order valence-electron chi connectivity index (χ1n) is 6.07. The Labute approximate surface area is 109 Å². The van der Waals surface area contributed by atoms with E-state index in [4.69, 9.17) is 10.5 Å². The SMILES string of the molecule is CC(C)(C)OC(=O)C(C=CN)Cc1ccccc1. The van der Waals surface area contributed by atoms with E-state index in [2.05, 4.69) is 0 Å². The van der Waals surface area contributed by atoms with Gasteiger partial charge in [0.05, 0.1) is 5.92 Å². The third kappa shape index (κ3) is 5.04. The maximum Gasteiger partial charge on any atom is 0.313 e. The molecule has 1 rings (SSSR count). The van der Waals surface area contributed by atoms with Crippen LogP contribution < -0.4 is 5.73 Å². The van der Waals surface area contributed by atoms with Crippen LogP contribution in [0, 0.1) is 5.92 Å². The van der Waals surface area contributed by atoms with Crippen molar-refractivity contribution in [3.05, 3.63) is 48.2 Å². The zero-order chi connectivity index (χ0) is 13.6. The van der Waals surface area contributed by atoms with Gasteiger partial charge in [0.2, 0.25) is 0 Å². The Morgan fingerprint density at radius 2 is 1.94 bits per heavy atom. The Kier molecular flexibility index (Phi) is 4.95. The molecule has 1 aromatic rings. The number of nitrogens with two attached hydrogens (primary N) is 1. The molecule has 18 heavy (non-hydrogen) atoms. The van der Waals surface area contributed by atoms with Crippen molar-refractivity contribution >= 4 is 5.97 Å².